The van der Waals surface area contributed by atoms with Gasteiger partial charge < -0.3 is 35.8 Å². The molecule has 0 aromatic heterocycles. The molecule has 0 saturated carbocycles. The van der Waals surface area contributed by atoms with E-state index in [2.05, 4.69) is 26.2 Å². The second-order valence-corrected chi connectivity index (χ2v) is 13.4. The molecular formula is C37H52N6O6. The van der Waals surface area contributed by atoms with Crippen LogP contribution in [0.25, 0.3) is 0 Å². The van der Waals surface area contributed by atoms with Gasteiger partial charge in [-0.2, -0.15) is 0 Å². The van der Waals surface area contributed by atoms with E-state index in [1.165, 1.54) is 24.8 Å². The number of likely N-dealkylation sites (tertiary alicyclic amines) is 1. The number of hydrogen-bond donors (Lipinski definition) is 4. The molecule has 4 atom stereocenters. The fraction of sp³-hybridized carbons (Fsp3) is 0.541. The van der Waals surface area contributed by atoms with Crippen LogP contribution < -0.4 is 26.0 Å². The van der Waals surface area contributed by atoms with Crippen LogP contribution in [0.15, 0.2) is 54.6 Å². The number of carbonyl (C=O) groups excluding carboxylic acids is 5. The summed E-state index contributed by atoms with van der Waals surface area (Å²) in [6, 6.07) is 12.3. The summed E-state index contributed by atoms with van der Waals surface area (Å²) in [6.07, 6.45) is 3.92. The van der Waals surface area contributed by atoms with E-state index in [1.807, 2.05) is 44.2 Å². The number of benzene rings is 2. The minimum Gasteiger partial charge on any atom is -0.491 e. The van der Waals surface area contributed by atoms with E-state index < -0.39 is 47.8 Å². The van der Waals surface area contributed by atoms with Gasteiger partial charge in [-0.3, -0.25) is 24.0 Å². The second-order valence-electron chi connectivity index (χ2n) is 13.4. The molecule has 0 unspecified atom stereocenters. The van der Waals surface area contributed by atoms with Gasteiger partial charge in [-0.25, -0.2) is 0 Å². The van der Waals surface area contributed by atoms with Gasteiger partial charge in [0.2, 0.25) is 23.6 Å². The molecule has 4 N–H and O–H groups in total. The van der Waals surface area contributed by atoms with Crippen LogP contribution in [-0.2, 0) is 25.6 Å². The zero-order chi connectivity index (χ0) is 35.3. The van der Waals surface area contributed by atoms with Gasteiger partial charge in [0.15, 0.2) is 0 Å². The maximum Gasteiger partial charge on any atom is 0.255 e. The summed E-state index contributed by atoms with van der Waals surface area (Å²) in [5, 5.41) is 11.5. The minimum atomic E-state index is -1.21. The van der Waals surface area contributed by atoms with E-state index in [1.54, 1.807) is 31.2 Å². The smallest absolute Gasteiger partial charge is 0.255 e. The van der Waals surface area contributed by atoms with Gasteiger partial charge in [0.25, 0.3) is 5.91 Å². The van der Waals surface area contributed by atoms with E-state index in [0.717, 1.165) is 38.0 Å². The molecule has 12 heteroatoms. The average Bonchev–Trinajstić information content (AvgIpc) is 3.61. The molecule has 0 radical (unpaired) electrons. The second kappa shape index (κ2) is 18.4. The van der Waals surface area contributed by atoms with Crippen molar-refractivity contribution in [1.29, 1.82) is 0 Å². The predicted octanol–water partition coefficient (Wildman–Crippen LogP) is 2.27. The van der Waals surface area contributed by atoms with E-state index in [-0.39, 0.29) is 42.6 Å². The first-order chi connectivity index (χ1) is 23.5. The van der Waals surface area contributed by atoms with Crippen molar-refractivity contribution in [3.63, 3.8) is 0 Å². The number of para-hydroxylation sites is 1. The van der Waals surface area contributed by atoms with Crippen molar-refractivity contribution in [2.75, 3.05) is 39.8 Å². The van der Waals surface area contributed by atoms with Crippen LogP contribution >= 0.6 is 0 Å². The van der Waals surface area contributed by atoms with E-state index in [4.69, 9.17) is 4.74 Å². The molecule has 5 amide bonds. The Hall–Kier alpha value is -4.45. The zero-order valence-corrected chi connectivity index (χ0v) is 29.2. The SMILES string of the molecule is CC(C)[C@H]1NC(=O)[C@H](Cc2ccccc2)N(C)C(=O)C[C@@H](C(=O)NCCCCN2CCCC2)NC(=O)c2ccccc2OC[C@H](C)NC1=O. The Balaban J connectivity index is 1.61. The topological polar surface area (TPSA) is 149 Å². The molecule has 12 nitrogen and oxygen atoms in total. The summed E-state index contributed by atoms with van der Waals surface area (Å²) >= 11 is 0. The lowest BCUT2D eigenvalue weighted by Crippen LogP contribution is -2.58. The summed E-state index contributed by atoms with van der Waals surface area (Å²) in [5.74, 6) is -2.47. The number of likely N-dealkylation sites (N-methyl/N-ethyl adjacent to an activating group) is 1. The lowest BCUT2D eigenvalue weighted by molar-refractivity contribution is -0.141. The predicted molar refractivity (Wildman–Crippen MR) is 187 cm³/mol. The van der Waals surface area contributed by atoms with Gasteiger partial charge in [0.05, 0.1) is 18.0 Å². The number of hydrogen-bond acceptors (Lipinski definition) is 7. The van der Waals surface area contributed by atoms with E-state index in [0.29, 0.717) is 6.54 Å². The molecule has 0 bridgehead atoms. The third kappa shape index (κ3) is 11.0. The highest BCUT2D eigenvalue weighted by Gasteiger charge is 2.35. The van der Waals surface area contributed by atoms with Crippen LogP contribution in [0.1, 0.15) is 68.8 Å². The van der Waals surface area contributed by atoms with Crippen LogP contribution in [0, 0.1) is 5.92 Å². The molecule has 2 heterocycles. The van der Waals surface area contributed by atoms with Crippen LogP contribution in [0.4, 0.5) is 0 Å². The van der Waals surface area contributed by atoms with E-state index in [9.17, 15) is 24.0 Å². The summed E-state index contributed by atoms with van der Waals surface area (Å²) in [7, 11) is 1.51. The van der Waals surface area contributed by atoms with Crippen molar-refractivity contribution >= 4 is 29.5 Å². The maximum atomic E-state index is 13.9. The quantitative estimate of drug-likeness (QED) is 0.298. The summed E-state index contributed by atoms with van der Waals surface area (Å²) in [5.41, 5.74) is 1.01. The van der Waals surface area contributed by atoms with Crippen molar-refractivity contribution in [3.8, 4) is 5.75 Å². The zero-order valence-electron chi connectivity index (χ0n) is 29.2. The van der Waals surface area contributed by atoms with Crippen LogP contribution in [-0.4, -0.2) is 103 Å². The van der Waals surface area contributed by atoms with Gasteiger partial charge >= 0.3 is 0 Å². The third-order valence-corrected chi connectivity index (χ3v) is 9.09. The Morgan fingerprint density at radius 1 is 0.918 bits per heavy atom. The molecule has 1 saturated heterocycles. The summed E-state index contributed by atoms with van der Waals surface area (Å²) in [6.45, 7) is 9.06. The average molecular weight is 677 g/mol. The van der Waals surface area contributed by atoms with Crippen molar-refractivity contribution in [2.24, 2.45) is 5.92 Å². The van der Waals surface area contributed by atoms with Crippen molar-refractivity contribution in [3.05, 3.63) is 65.7 Å². The van der Waals surface area contributed by atoms with Gasteiger partial charge in [0.1, 0.15) is 30.5 Å². The maximum absolute atomic E-state index is 13.9. The molecular weight excluding hydrogens is 624 g/mol. The van der Waals surface area contributed by atoms with Crippen LogP contribution in [0.5, 0.6) is 5.75 Å². The molecule has 1 fully saturated rings. The lowest BCUT2D eigenvalue weighted by Gasteiger charge is -2.31. The number of rotatable bonds is 9. The van der Waals surface area contributed by atoms with Crippen LogP contribution in [0.2, 0.25) is 0 Å². The summed E-state index contributed by atoms with van der Waals surface area (Å²) in [4.78, 5) is 72.2. The molecule has 49 heavy (non-hydrogen) atoms. The van der Waals surface area contributed by atoms with Crippen molar-refractivity contribution < 1.29 is 28.7 Å². The fourth-order valence-electron chi connectivity index (χ4n) is 6.14. The van der Waals surface area contributed by atoms with Gasteiger partial charge in [-0.05, 0) is 75.9 Å². The highest BCUT2D eigenvalue weighted by molar-refractivity contribution is 6.01. The molecule has 0 aliphatic carbocycles. The molecule has 2 aromatic carbocycles. The number of nitrogens with zero attached hydrogens (tertiary/aromatic N) is 2. The lowest BCUT2D eigenvalue weighted by atomic mass is 9.99. The highest BCUT2D eigenvalue weighted by Crippen LogP contribution is 2.20. The number of unbranched alkanes of at least 4 members (excludes halogenated alkanes) is 1. The van der Waals surface area contributed by atoms with Crippen molar-refractivity contribution in [1.82, 2.24) is 31.1 Å². The molecule has 266 valence electrons. The Morgan fingerprint density at radius 3 is 2.33 bits per heavy atom. The number of amides is 5. The molecule has 0 spiro atoms. The number of nitrogens with one attached hydrogen (secondary N) is 4. The first kappa shape index (κ1) is 37.4. The molecule has 2 aliphatic heterocycles. The Labute approximate surface area is 289 Å². The Kier molecular flexibility index (Phi) is 14.0. The fourth-order valence-corrected chi connectivity index (χ4v) is 6.14. The first-order valence-electron chi connectivity index (χ1n) is 17.5. The van der Waals surface area contributed by atoms with Gasteiger partial charge in [-0.15, -0.1) is 0 Å². The minimum absolute atomic E-state index is 0.0496. The number of fused-ring (bicyclic) bond motifs is 1. The monoisotopic (exact) mass is 676 g/mol. The van der Waals surface area contributed by atoms with Crippen molar-refractivity contribution in [2.45, 2.75) is 83.5 Å². The van der Waals surface area contributed by atoms with Crippen LogP contribution in [0.3, 0.4) is 0 Å². The molecule has 2 aliphatic rings. The van der Waals surface area contributed by atoms with Gasteiger partial charge in [0, 0.05) is 20.0 Å². The standard InChI is InChI=1S/C37H52N6O6/c1-25(2)33-37(48)39-26(3)24-49-31-17-9-8-16-28(31)34(45)40-29(35(46)38-18-10-11-19-43-20-12-13-21-43)23-32(44)42(4)30(36(47)41-33)22-27-14-6-5-7-15-27/h5-9,14-17,25-26,29-30,33H,10-13,18-24H2,1-4H3,(H,38,46)(H,39,48)(H,40,45)(H,41,47)/t26-,29-,30-,33+/m0/s1. The third-order valence-electron chi connectivity index (χ3n) is 9.09. The Morgan fingerprint density at radius 2 is 1.61 bits per heavy atom. The summed E-state index contributed by atoms with van der Waals surface area (Å²) < 4.78 is 5.97. The van der Waals surface area contributed by atoms with Gasteiger partial charge in [-0.1, -0.05) is 56.3 Å². The number of ether oxygens (including phenoxy) is 1. The number of carbonyl (C=O) groups is 5. The highest BCUT2D eigenvalue weighted by atomic mass is 16.5. The largest absolute Gasteiger partial charge is 0.491 e. The Bertz CT molecular complexity index is 1430. The molecule has 2 aromatic rings. The van der Waals surface area contributed by atoms with E-state index >= 15 is 0 Å². The normalized spacial score (nSPS) is 23.2. The molecule has 4 rings (SSSR count). The first-order valence-corrected chi connectivity index (χ1v) is 17.5.